The number of nitrogens with zero attached hydrogens (tertiary/aromatic N) is 1. The van der Waals surface area contributed by atoms with E-state index in [0.29, 0.717) is 23.7 Å². The molecule has 158 valence electrons. The molecule has 0 bridgehead atoms. The number of sulfonamides is 1. The van der Waals surface area contributed by atoms with Gasteiger partial charge in [0, 0.05) is 23.1 Å². The number of benzene rings is 2. The lowest BCUT2D eigenvalue weighted by Crippen LogP contribution is -2.49. The maximum atomic E-state index is 12.7. The quantitative estimate of drug-likeness (QED) is 0.545. The minimum atomic E-state index is -3.64. The van der Waals surface area contributed by atoms with E-state index in [1.165, 1.54) is 15.4 Å². The Labute approximate surface area is 182 Å². The van der Waals surface area contributed by atoms with Crippen LogP contribution in [-0.2, 0) is 20.6 Å². The molecule has 0 aliphatic carbocycles. The number of nitrogens with one attached hydrogen (secondary N) is 1. The first kappa shape index (κ1) is 23.6. The lowest BCUT2D eigenvalue weighted by atomic mass is 10.2. The van der Waals surface area contributed by atoms with Gasteiger partial charge in [0.1, 0.15) is 6.04 Å². The maximum Gasteiger partial charge on any atom is 0.243 e. The van der Waals surface area contributed by atoms with Crippen molar-refractivity contribution < 1.29 is 13.2 Å². The normalized spacial score (nSPS) is 12.4. The third kappa shape index (κ3) is 7.24. The van der Waals surface area contributed by atoms with Crippen LogP contribution in [0.25, 0.3) is 0 Å². The molecule has 0 saturated heterocycles. The van der Waals surface area contributed by atoms with Crippen LogP contribution in [0.3, 0.4) is 0 Å². The molecule has 29 heavy (non-hydrogen) atoms. The number of anilines is 1. The molecule has 0 fully saturated rings. The van der Waals surface area contributed by atoms with Crippen LogP contribution < -0.4 is 9.62 Å². The third-order valence-corrected chi connectivity index (χ3v) is 6.77. The highest BCUT2D eigenvalue weighted by atomic mass is 35.5. The van der Waals surface area contributed by atoms with Gasteiger partial charge in [-0.25, -0.2) is 8.42 Å². The molecule has 8 heteroatoms. The molecule has 2 aromatic carbocycles. The Hall–Kier alpha value is -1.70. The number of hydrogen-bond donors (Lipinski definition) is 1. The van der Waals surface area contributed by atoms with E-state index in [9.17, 15) is 13.2 Å². The van der Waals surface area contributed by atoms with Gasteiger partial charge in [-0.05, 0) is 43.2 Å². The standard InChI is InChI=1S/C21H27ClN2O3S2/c1-4-20(24(29(3,26)27)19-10-8-18(22)9-11-19)21(25)23-12-13-28-15-17-7-5-6-16(2)14-17/h5-11,14,20H,4,12-13,15H2,1-3H3,(H,23,25)/t20-/m0/s1. The van der Waals surface area contributed by atoms with Crippen molar-refractivity contribution in [3.8, 4) is 0 Å². The number of thioether (sulfide) groups is 1. The van der Waals surface area contributed by atoms with Crippen molar-refractivity contribution in [1.29, 1.82) is 0 Å². The summed E-state index contributed by atoms with van der Waals surface area (Å²) in [5.41, 5.74) is 2.90. The molecule has 0 heterocycles. The van der Waals surface area contributed by atoms with Crippen LogP contribution in [0.15, 0.2) is 48.5 Å². The molecule has 0 spiro atoms. The average molecular weight is 455 g/mol. The summed E-state index contributed by atoms with van der Waals surface area (Å²) in [5.74, 6) is 1.31. The summed E-state index contributed by atoms with van der Waals surface area (Å²) >= 11 is 7.64. The Bertz CT molecular complexity index is 918. The molecule has 0 aromatic heterocycles. The smallest absolute Gasteiger partial charge is 0.243 e. The number of aryl methyl sites for hydroxylation is 1. The number of carbonyl (C=O) groups excluding carboxylic acids is 1. The number of hydrogen-bond acceptors (Lipinski definition) is 4. The Morgan fingerprint density at radius 1 is 1.21 bits per heavy atom. The van der Waals surface area contributed by atoms with Gasteiger partial charge in [0.15, 0.2) is 0 Å². The lowest BCUT2D eigenvalue weighted by Gasteiger charge is -2.30. The molecule has 2 aromatic rings. The van der Waals surface area contributed by atoms with E-state index in [0.717, 1.165) is 17.8 Å². The summed E-state index contributed by atoms with van der Waals surface area (Å²) in [6.07, 6.45) is 1.47. The van der Waals surface area contributed by atoms with Crippen LogP contribution >= 0.6 is 23.4 Å². The van der Waals surface area contributed by atoms with Crippen LogP contribution in [-0.4, -0.2) is 38.9 Å². The van der Waals surface area contributed by atoms with Crippen LogP contribution in [0.4, 0.5) is 5.69 Å². The topological polar surface area (TPSA) is 66.5 Å². The predicted octanol–water partition coefficient (Wildman–Crippen LogP) is 4.24. The average Bonchev–Trinajstić information content (AvgIpc) is 2.65. The molecule has 1 N–H and O–H groups in total. The lowest BCUT2D eigenvalue weighted by molar-refractivity contribution is -0.122. The number of amides is 1. The molecule has 0 aliphatic heterocycles. The highest BCUT2D eigenvalue weighted by Gasteiger charge is 2.31. The first-order chi connectivity index (χ1) is 13.7. The predicted molar refractivity (Wildman–Crippen MR) is 123 cm³/mol. The van der Waals surface area contributed by atoms with Gasteiger partial charge >= 0.3 is 0 Å². The summed E-state index contributed by atoms with van der Waals surface area (Å²) in [6.45, 7) is 4.34. The molecular weight excluding hydrogens is 428 g/mol. The second-order valence-electron chi connectivity index (χ2n) is 6.79. The zero-order valence-corrected chi connectivity index (χ0v) is 19.3. The summed E-state index contributed by atoms with van der Waals surface area (Å²) in [7, 11) is -3.64. The van der Waals surface area contributed by atoms with Gasteiger partial charge in [0.05, 0.1) is 11.9 Å². The van der Waals surface area contributed by atoms with E-state index in [1.807, 2.05) is 6.07 Å². The van der Waals surface area contributed by atoms with E-state index < -0.39 is 16.1 Å². The number of halogens is 1. The second kappa shape index (κ2) is 10.9. The monoisotopic (exact) mass is 454 g/mol. The first-order valence-corrected chi connectivity index (χ1v) is 12.8. The fraction of sp³-hybridized carbons (Fsp3) is 0.381. The van der Waals surface area contributed by atoms with E-state index in [4.69, 9.17) is 11.6 Å². The third-order valence-electron chi connectivity index (χ3n) is 4.31. The Balaban J connectivity index is 1.95. The van der Waals surface area contributed by atoms with Gasteiger partial charge in [-0.2, -0.15) is 11.8 Å². The van der Waals surface area contributed by atoms with Crippen LogP contribution in [0.1, 0.15) is 24.5 Å². The highest BCUT2D eigenvalue weighted by Crippen LogP contribution is 2.24. The van der Waals surface area contributed by atoms with Gasteiger partial charge < -0.3 is 5.32 Å². The largest absolute Gasteiger partial charge is 0.353 e. The molecule has 0 aliphatic rings. The van der Waals surface area contributed by atoms with Crippen LogP contribution in [0.5, 0.6) is 0 Å². The van der Waals surface area contributed by atoms with Gasteiger partial charge in [0.2, 0.25) is 15.9 Å². The summed E-state index contributed by atoms with van der Waals surface area (Å²) in [5, 5.41) is 3.38. The van der Waals surface area contributed by atoms with E-state index in [1.54, 1.807) is 43.0 Å². The zero-order valence-electron chi connectivity index (χ0n) is 16.9. The van der Waals surface area contributed by atoms with Crippen molar-refractivity contribution in [3.63, 3.8) is 0 Å². The Kier molecular flexibility index (Phi) is 8.86. The SMILES string of the molecule is CC[C@@H](C(=O)NCCSCc1cccc(C)c1)N(c1ccc(Cl)cc1)S(C)(=O)=O. The minimum absolute atomic E-state index is 0.302. The number of rotatable bonds is 10. The highest BCUT2D eigenvalue weighted by molar-refractivity contribution is 7.98. The van der Waals surface area contributed by atoms with Crippen molar-refractivity contribution >= 4 is 45.0 Å². The minimum Gasteiger partial charge on any atom is -0.353 e. The van der Waals surface area contributed by atoms with Gasteiger partial charge in [0.25, 0.3) is 0 Å². The maximum absolute atomic E-state index is 12.7. The summed E-state index contributed by atoms with van der Waals surface area (Å²) in [6, 6.07) is 14.0. The van der Waals surface area contributed by atoms with Crippen molar-refractivity contribution in [2.75, 3.05) is 22.9 Å². The first-order valence-electron chi connectivity index (χ1n) is 9.38. The molecule has 0 radical (unpaired) electrons. The Morgan fingerprint density at radius 2 is 1.90 bits per heavy atom. The second-order valence-corrected chi connectivity index (χ2v) is 10.2. The zero-order chi connectivity index (χ0) is 21.4. The van der Waals surface area contributed by atoms with Gasteiger partial charge in [-0.15, -0.1) is 0 Å². The molecular formula is C21H27ClN2O3S2. The number of carbonyl (C=O) groups is 1. The molecule has 1 amide bonds. The van der Waals surface area contributed by atoms with Crippen LogP contribution in [0.2, 0.25) is 5.02 Å². The van der Waals surface area contributed by atoms with Crippen LogP contribution in [0, 0.1) is 6.92 Å². The molecule has 5 nitrogen and oxygen atoms in total. The van der Waals surface area contributed by atoms with Gasteiger partial charge in [-0.1, -0.05) is 48.4 Å². The fourth-order valence-corrected chi connectivity index (χ4v) is 5.15. The fourth-order valence-electron chi connectivity index (χ4n) is 3.00. The molecule has 2 rings (SSSR count). The van der Waals surface area contributed by atoms with Crippen molar-refractivity contribution in [2.24, 2.45) is 0 Å². The van der Waals surface area contributed by atoms with E-state index in [-0.39, 0.29) is 5.91 Å². The van der Waals surface area contributed by atoms with Gasteiger partial charge in [-0.3, -0.25) is 9.10 Å². The van der Waals surface area contributed by atoms with E-state index >= 15 is 0 Å². The Morgan fingerprint density at radius 3 is 2.48 bits per heavy atom. The molecule has 0 unspecified atom stereocenters. The molecule has 1 atom stereocenters. The van der Waals surface area contributed by atoms with Crippen molar-refractivity contribution in [1.82, 2.24) is 5.32 Å². The van der Waals surface area contributed by atoms with Crippen molar-refractivity contribution in [2.45, 2.75) is 32.1 Å². The van der Waals surface area contributed by atoms with Crippen molar-refractivity contribution in [3.05, 3.63) is 64.7 Å². The van der Waals surface area contributed by atoms with E-state index in [2.05, 4.69) is 30.4 Å². The summed E-state index contributed by atoms with van der Waals surface area (Å²) < 4.78 is 25.9. The molecule has 0 saturated carbocycles. The summed E-state index contributed by atoms with van der Waals surface area (Å²) in [4.78, 5) is 12.7.